The highest BCUT2D eigenvalue weighted by molar-refractivity contribution is 6.30. The molecule has 1 unspecified atom stereocenters. The van der Waals surface area contributed by atoms with E-state index in [-0.39, 0.29) is 42.1 Å². The van der Waals surface area contributed by atoms with Gasteiger partial charge in [-0.3, -0.25) is 9.69 Å². The van der Waals surface area contributed by atoms with Crippen molar-refractivity contribution in [2.24, 2.45) is 11.7 Å². The van der Waals surface area contributed by atoms with E-state index in [1.54, 1.807) is 0 Å². The average Bonchev–Trinajstić information content (AvgIpc) is 2.68. The van der Waals surface area contributed by atoms with Crippen LogP contribution < -0.4 is 5.73 Å². The molecule has 1 saturated carbocycles. The summed E-state index contributed by atoms with van der Waals surface area (Å²) in [5.74, 6) is 0.0149. The number of nitrogens with zero attached hydrogens (tertiary/aromatic N) is 1. The molecule has 3 rings (SSSR count). The maximum atomic E-state index is 12.1. The summed E-state index contributed by atoms with van der Waals surface area (Å²) in [5, 5.41) is 0.783. The molecule has 1 aliphatic carbocycles. The number of carbonyl (C=O) groups excluding carboxylic acids is 1. The van der Waals surface area contributed by atoms with Crippen LogP contribution >= 0.6 is 36.4 Å². The molecule has 1 atom stereocenters. The minimum absolute atomic E-state index is 0. The van der Waals surface area contributed by atoms with E-state index in [0.717, 1.165) is 56.6 Å². The van der Waals surface area contributed by atoms with Crippen LogP contribution in [-0.2, 0) is 14.9 Å². The highest BCUT2D eigenvalue weighted by Crippen LogP contribution is 2.41. The van der Waals surface area contributed by atoms with Gasteiger partial charge in [0, 0.05) is 29.6 Å². The zero-order valence-corrected chi connectivity index (χ0v) is 19.0. The fourth-order valence-electron chi connectivity index (χ4n) is 4.74. The molecule has 2 aliphatic rings. The predicted octanol–water partition coefficient (Wildman–Crippen LogP) is 4.60. The normalized spacial score (nSPS) is 28.0. The number of carbonyl (C=O) groups is 1. The minimum Gasteiger partial charge on any atom is -0.466 e. The van der Waals surface area contributed by atoms with Crippen LogP contribution in [-0.4, -0.2) is 43.2 Å². The lowest BCUT2D eigenvalue weighted by atomic mass is 9.68. The van der Waals surface area contributed by atoms with E-state index in [2.05, 4.69) is 17.0 Å². The Bertz CT molecular complexity index is 621. The number of esters is 1. The number of rotatable bonds is 5. The van der Waals surface area contributed by atoms with Gasteiger partial charge in [-0.15, -0.1) is 24.8 Å². The predicted molar refractivity (Wildman–Crippen MR) is 120 cm³/mol. The molecule has 7 heteroatoms. The molecular weight excluding hydrogens is 419 g/mol. The van der Waals surface area contributed by atoms with Gasteiger partial charge >= 0.3 is 5.97 Å². The third-order valence-corrected chi connectivity index (χ3v) is 6.56. The van der Waals surface area contributed by atoms with Gasteiger partial charge in [-0.05, 0) is 69.7 Å². The Balaban J connectivity index is 0.00000196. The maximum absolute atomic E-state index is 12.1. The van der Waals surface area contributed by atoms with E-state index in [9.17, 15) is 4.79 Å². The van der Waals surface area contributed by atoms with Crippen LogP contribution in [0.2, 0.25) is 5.02 Å². The Hall–Kier alpha value is -0.520. The van der Waals surface area contributed by atoms with Gasteiger partial charge in [0.05, 0.1) is 12.5 Å². The summed E-state index contributed by atoms with van der Waals surface area (Å²) in [6, 6.07) is 8.73. The molecule has 4 nitrogen and oxygen atoms in total. The number of piperidine rings is 1. The third kappa shape index (κ3) is 5.76. The first-order chi connectivity index (χ1) is 12.6. The minimum atomic E-state index is -0.0248. The fourth-order valence-corrected chi connectivity index (χ4v) is 4.93. The average molecular weight is 452 g/mol. The van der Waals surface area contributed by atoms with Crippen molar-refractivity contribution in [2.45, 2.75) is 56.9 Å². The Labute approximate surface area is 186 Å². The summed E-state index contributed by atoms with van der Waals surface area (Å²) in [7, 11) is 0. The Kier molecular flexibility index (Phi) is 10.6. The highest BCUT2D eigenvalue weighted by atomic mass is 35.5. The van der Waals surface area contributed by atoms with Crippen molar-refractivity contribution in [2.75, 3.05) is 26.2 Å². The second-order valence-electron chi connectivity index (χ2n) is 7.81. The Morgan fingerprint density at radius 3 is 2.61 bits per heavy atom. The van der Waals surface area contributed by atoms with Gasteiger partial charge in [0.15, 0.2) is 0 Å². The van der Waals surface area contributed by atoms with Crippen LogP contribution in [0.3, 0.4) is 0 Å². The number of benzene rings is 1. The number of hydrogen-bond acceptors (Lipinski definition) is 4. The monoisotopic (exact) mass is 450 g/mol. The van der Waals surface area contributed by atoms with Crippen molar-refractivity contribution < 1.29 is 9.53 Å². The molecule has 1 saturated heterocycles. The topological polar surface area (TPSA) is 55.6 Å². The smallest absolute Gasteiger partial charge is 0.310 e. The zero-order chi connectivity index (χ0) is 18.6. The molecule has 1 aromatic rings. The number of likely N-dealkylation sites (tertiary alicyclic amines) is 1. The molecular formula is C21H33Cl3N2O2. The first-order valence-electron chi connectivity index (χ1n) is 9.95. The summed E-state index contributed by atoms with van der Waals surface area (Å²) in [5.41, 5.74) is 7.53. The first-order valence-corrected chi connectivity index (χ1v) is 10.3. The Morgan fingerprint density at radius 1 is 1.29 bits per heavy atom. The van der Waals surface area contributed by atoms with Gasteiger partial charge in [-0.2, -0.15) is 0 Å². The van der Waals surface area contributed by atoms with Crippen LogP contribution in [0.25, 0.3) is 0 Å². The van der Waals surface area contributed by atoms with E-state index >= 15 is 0 Å². The van der Waals surface area contributed by atoms with Crippen molar-refractivity contribution in [1.29, 1.82) is 0 Å². The van der Waals surface area contributed by atoms with Gasteiger partial charge in [-0.25, -0.2) is 0 Å². The van der Waals surface area contributed by atoms with Crippen molar-refractivity contribution >= 4 is 42.4 Å². The van der Waals surface area contributed by atoms with Gasteiger partial charge in [0.1, 0.15) is 0 Å². The van der Waals surface area contributed by atoms with E-state index in [1.807, 2.05) is 19.1 Å². The summed E-state index contributed by atoms with van der Waals surface area (Å²) in [6.07, 6.45) is 6.44. The van der Waals surface area contributed by atoms with E-state index in [1.165, 1.54) is 5.56 Å². The third-order valence-electron chi connectivity index (χ3n) is 6.33. The largest absolute Gasteiger partial charge is 0.466 e. The molecule has 160 valence electrons. The summed E-state index contributed by atoms with van der Waals surface area (Å²) in [4.78, 5) is 14.6. The summed E-state index contributed by atoms with van der Waals surface area (Å²) >= 11 is 6.21. The lowest BCUT2D eigenvalue weighted by Gasteiger charge is -2.45. The molecule has 0 radical (unpaired) electrons. The SMILES string of the molecule is CCOC(=O)C1CCCN(C2CCC(CN)(c3cccc(Cl)c3)CC2)C1.Cl.Cl. The molecule has 1 aromatic carbocycles. The summed E-state index contributed by atoms with van der Waals surface area (Å²) in [6.45, 7) is 4.94. The number of nitrogens with two attached hydrogens (primary N) is 1. The molecule has 2 fully saturated rings. The molecule has 0 amide bonds. The molecule has 2 N–H and O–H groups in total. The van der Waals surface area contributed by atoms with Crippen LogP contribution in [0.1, 0.15) is 51.0 Å². The van der Waals surface area contributed by atoms with Crippen LogP contribution in [0, 0.1) is 5.92 Å². The maximum Gasteiger partial charge on any atom is 0.310 e. The van der Waals surface area contributed by atoms with Crippen LogP contribution in [0.4, 0.5) is 0 Å². The second kappa shape index (κ2) is 11.6. The highest BCUT2D eigenvalue weighted by Gasteiger charge is 2.39. The zero-order valence-electron chi connectivity index (χ0n) is 16.6. The van der Waals surface area contributed by atoms with E-state index in [0.29, 0.717) is 19.2 Å². The van der Waals surface area contributed by atoms with E-state index < -0.39 is 0 Å². The lowest BCUT2D eigenvalue weighted by Crippen LogP contribution is -2.49. The van der Waals surface area contributed by atoms with Crippen molar-refractivity contribution in [1.82, 2.24) is 4.90 Å². The van der Waals surface area contributed by atoms with Crippen LogP contribution in [0.5, 0.6) is 0 Å². The van der Waals surface area contributed by atoms with E-state index in [4.69, 9.17) is 22.1 Å². The van der Waals surface area contributed by atoms with Crippen molar-refractivity contribution in [3.05, 3.63) is 34.9 Å². The van der Waals surface area contributed by atoms with Gasteiger partial charge in [-0.1, -0.05) is 23.7 Å². The quantitative estimate of drug-likeness (QED) is 0.665. The number of halogens is 3. The standard InChI is InChI=1S/C21H31ClN2O2.2ClH/c1-2-26-20(25)16-5-4-12-24(14-16)19-8-10-21(15-23,11-9-19)17-6-3-7-18(22)13-17;;/h3,6-7,13,16,19H,2,4-5,8-12,14-15,23H2,1H3;2*1H. The van der Waals surface area contributed by atoms with Gasteiger partial charge < -0.3 is 10.5 Å². The molecule has 0 bridgehead atoms. The molecule has 1 aliphatic heterocycles. The molecule has 0 aromatic heterocycles. The first kappa shape index (κ1) is 25.5. The number of hydrogen-bond donors (Lipinski definition) is 1. The second-order valence-corrected chi connectivity index (χ2v) is 8.25. The van der Waals surface area contributed by atoms with Gasteiger partial charge in [0.25, 0.3) is 0 Å². The molecule has 1 heterocycles. The molecule has 0 spiro atoms. The Morgan fingerprint density at radius 2 is 2.00 bits per heavy atom. The summed E-state index contributed by atoms with van der Waals surface area (Å²) < 4.78 is 5.24. The lowest BCUT2D eigenvalue weighted by molar-refractivity contribution is -0.150. The van der Waals surface area contributed by atoms with Crippen LogP contribution in [0.15, 0.2) is 24.3 Å². The van der Waals surface area contributed by atoms with Crippen molar-refractivity contribution in [3.8, 4) is 0 Å². The number of ether oxygens (including phenoxy) is 1. The van der Waals surface area contributed by atoms with Crippen molar-refractivity contribution in [3.63, 3.8) is 0 Å². The van der Waals surface area contributed by atoms with Gasteiger partial charge in [0.2, 0.25) is 0 Å². The fraction of sp³-hybridized carbons (Fsp3) is 0.667. The molecule has 28 heavy (non-hydrogen) atoms.